The van der Waals surface area contributed by atoms with E-state index in [1.807, 2.05) is 6.07 Å². The third-order valence-electron chi connectivity index (χ3n) is 2.17. The number of carbonyl (C=O) groups excluding carboxylic acids is 1. The Kier molecular flexibility index (Phi) is 3.72. The van der Waals surface area contributed by atoms with Crippen molar-refractivity contribution in [3.63, 3.8) is 0 Å². The van der Waals surface area contributed by atoms with E-state index in [4.69, 9.17) is 11.6 Å². The highest BCUT2D eigenvalue weighted by Crippen LogP contribution is 2.11. The summed E-state index contributed by atoms with van der Waals surface area (Å²) in [6.07, 6.45) is 8.65. The average Bonchev–Trinajstić information content (AvgIpc) is 2.38. The summed E-state index contributed by atoms with van der Waals surface area (Å²) in [7, 11) is 0. The second-order valence-corrected chi connectivity index (χ2v) is 3.80. The van der Waals surface area contributed by atoms with Crippen LogP contribution in [-0.2, 0) is 11.3 Å². The van der Waals surface area contributed by atoms with Crippen LogP contribution in [0.25, 0.3) is 11.3 Å². The van der Waals surface area contributed by atoms with Crippen molar-refractivity contribution in [1.82, 2.24) is 15.1 Å². The van der Waals surface area contributed by atoms with Crippen molar-refractivity contribution in [2.75, 3.05) is 0 Å². The lowest BCUT2D eigenvalue weighted by Crippen LogP contribution is -2.37. The summed E-state index contributed by atoms with van der Waals surface area (Å²) in [5.41, 5.74) is 1.65. The van der Waals surface area contributed by atoms with Crippen LogP contribution in [0.2, 0.25) is 0 Å². The van der Waals surface area contributed by atoms with Gasteiger partial charge in [-0.25, -0.2) is 0 Å². The zero-order chi connectivity index (χ0) is 12.1. The second kappa shape index (κ2) is 5.45. The van der Waals surface area contributed by atoms with E-state index in [9.17, 15) is 4.79 Å². The molecule has 0 aliphatic carbocycles. The zero-order valence-corrected chi connectivity index (χ0v) is 9.71. The molecule has 5 nitrogen and oxygen atoms in total. The molecule has 0 aliphatic rings. The highest BCUT2D eigenvalue weighted by Gasteiger charge is 2.07. The van der Waals surface area contributed by atoms with Gasteiger partial charge in [0.25, 0.3) is 0 Å². The first-order chi connectivity index (χ1) is 8.25. The molecule has 86 valence electrons. The number of aromatic nitrogens is 4. The van der Waals surface area contributed by atoms with Crippen molar-refractivity contribution in [1.29, 1.82) is 0 Å². The van der Waals surface area contributed by atoms with Crippen LogP contribution in [0, 0.1) is 0 Å². The molecular weight excluding hydrogens is 240 g/mol. The van der Waals surface area contributed by atoms with Crippen LogP contribution in [0.15, 0.2) is 37.1 Å². The fourth-order valence-electron chi connectivity index (χ4n) is 1.32. The molecule has 0 saturated carbocycles. The van der Waals surface area contributed by atoms with Gasteiger partial charge in [0, 0.05) is 24.0 Å². The second-order valence-electron chi connectivity index (χ2n) is 3.37. The van der Waals surface area contributed by atoms with Gasteiger partial charge in [-0.2, -0.15) is 0 Å². The molecule has 0 unspecified atom stereocenters. The van der Waals surface area contributed by atoms with Crippen LogP contribution >= 0.6 is 11.6 Å². The number of hydrogen-bond donors (Lipinski definition) is 0. The van der Waals surface area contributed by atoms with Crippen molar-refractivity contribution >= 4 is 16.8 Å². The first kappa shape index (κ1) is 11.6. The molecular formula is C11H10ClN4O+. The molecule has 6 heteroatoms. The number of carbonyl (C=O) groups is 1. The van der Waals surface area contributed by atoms with E-state index in [0.717, 1.165) is 11.3 Å². The molecule has 0 fully saturated rings. The van der Waals surface area contributed by atoms with Crippen molar-refractivity contribution in [2.45, 2.75) is 13.0 Å². The van der Waals surface area contributed by atoms with Gasteiger partial charge in [0.05, 0.1) is 18.3 Å². The van der Waals surface area contributed by atoms with E-state index in [0.29, 0.717) is 6.54 Å². The quantitative estimate of drug-likeness (QED) is 0.599. The van der Waals surface area contributed by atoms with Gasteiger partial charge in [0.15, 0.2) is 12.7 Å². The van der Waals surface area contributed by atoms with Gasteiger partial charge in [-0.15, -0.1) is 0 Å². The molecule has 0 bridgehead atoms. The molecule has 2 rings (SSSR count). The van der Waals surface area contributed by atoms with Gasteiger partial charge in [0.2, 0.25) is 5.24 Å². The summed E-state index contributed by atoms with van der Waals surface area (Å²) in [6.45, 7) is 0.475. The average molecular weight is 250 g/mol. The van der Waals surface area contributed by atoms with Gasteiger partial charge >= 0.3 is 0 Å². The normalized spacial score (nSPS) is 10.2. The van der Waals surface area contributed by atoms with Gasteiger partial charge in [0.1, 0.15) is 6.20 Å². The number of nitrogens with zero attached hydrogens (tertiary/aromatic N) is 4. The summed E-state index contributed by atoms with van der Waals surface area (Å²) < 4.78 is 1.65. The minimum Gasteiger partial charge on any atom is -0.281 e. The van der Waals surface area contributed by atoms with Crippen LogP contribution in [0.1, 0.15) is 6.42 Å². The minimum absolute atomic E-state index is 0.268. The molecule has 0 saturated heterocycles. The lowest BCUT2D eigenvalue weighted by molar-refractivity contribution is -0.752. The van der Waals surface area contributed by atoms with E-state index in [1.54, 1.807) is 35.7 Å². The lowest BCUT2D eigenvalue weighted by Gasteiger charge is -1.97. The Morgan fingerprint density at radius 1 is 1.35 bits per heavy atom. The Hall–Kier alpha value is -1.88. The summed E-state index contributed by atoms with van der Waals surface area (Å²) in [6, 6.07) is 1.87. The Morgan fingerprint density at radius 3 is 2.82 bits per heavy atom. The molecule has 0 spiro atoms. The molecule has 0 radical (unpaired) electrons. The summed E-state index contributed by atoms with van der Waals surface area (Å²) in [5.74, 6) is 0. The highest BCUT2D eigenvalue weighted by molar-refractivity contribution is 6.63. The molecule has 2 heterocycles. The predicted molar refractivity (Wildman–Crippen MR) is 60.9 cm³/mol. The van der Waals surface area contributed by atoms with Gasteiger partial charge in [-0.1, -0.05) is 4.68 Å². The predicted octanol–water partition coefficient (Wildman–Crippen LogP) is 0.982. The summed E-state index contributed by atoms with van der Waals surface area (Å²) >= 11 is 5.26. The molecule has 2 aromatic rings. The molecule has 0 atom stereocenters. The lowest BCUT2D eigenvalue weighted by atomic mass is 10.2. The van der Waals surface area contributed by atoms with Crippen molar-refractivity contribution < 1.29 is 9.48 Å². The van der Waals surface area contributed by atoms with E-state index in [-0.39, 0.29) is 11.7 Å². The number of halogens is 1. The molecule has 2 aromatic heterocycles. The summed E-state index contributed by atoms with van der Waals surface area (Å²) in [5, 5.41) is 3.80. The number of hydrogen-bond acceptors (Lipinski definition) is 4. The van der Waals surface area contributed by atoms with Gasteiger partial charge < -0.3 is 0 Å². The Morgan fingerprint density at radius 2 is 2.24 bits per heavy atom. The largest absolute Gasteiger partial charge is 0.281 e. The van der Waals surface area contributed by atoms with E-state index in [1.165, 1.54) is 0 Å². The maximum Gasteiger partial charge on any atom is 0.228 e. The van der Waals surface area contributed by atoms with E-state index < -0.39 is 0 Å². The number of aryl methyl sites for hydroxylation is 1. The van der Waals surface area contributed by atoms with Crippen molar-refractivity contribution in [3.05, 3.63) is 37.1 Å². The van der Waals surface area contributed by atoms with Crippen LogP contribution in [0.3, 0.4) is 0 Å². The van der Waals surface area contributed by atoms with Crippen molar-refractivity contribution in [2.24, 2.45) is 0 Å². The third kappa shape index (κ3) is 3.29. The van der Waals surface area contributed by atoms with Crippen LogP contribution < -0.4 is 4.68 Å². The van der Waals surface area contributed by atoms with E-state index in [2.05, 4.69) is 15.1 Å². The summed E-state index contributed by atoms with van der Waals surface area (Å²) in [4.78, 5) is 18.8. The Bertz CT molecular complexity index is 501. The SMILES string of the molecule is O=C(Cl)CC[n+]1ccc(-c2cnccn2)cn1. The topological polar surface area (TPSA) is 59.6 Å². The van der Waals surface area contributed by atoms with Gasteiger partial charge in [-0.05, 0) is 16.7 Å². The standard InChI is InChI=1S/C11H10ClN4O/c12-11(17)2-6-16-5-1-9(7-15-16)10-8-13-3-4-14-10/h1,3-5,7-8H,2,6H2/q+1. The molecule has 0 N–H and O–H groups in total. The maximum absolute atomic E-state index is 10.6. The molecule has 17 heavy (non-hydrogen) atoms. The van der Waals surface area contributed by atoms with Gasteiger partial charge in [-0.3, -0.25) is 14.8 Å². The molecule has 0 aliphatic heterocycles. The van der Waals surface area contributed by atoms with Crippen LogP contribution in [-0.4, -0.2) is 20.3 Å². The zero-order valence-electron chi connectivity index (χ0n) is 8.95. The molecule has 0 amide bonds. The third-order valence-corrected chi connectivity index (χ3v) is 2.36. The van der Waals surface area contributed by atoms with Crippen LogP contribution in [0.4, 0.5) is 0 Å². The fraction of sp³-hybridized carbons (Fsp3) is 0.182. The maximum atomic E-state index is 10.6. The van der Waals surface area contributed by atoms with Crippen LogP contribution in [0.5, 0.6) is 0 Å². The van der Waals surface area contributed by atoms with E-state index >= 15 is 0 Å². The highest BCUT2D eigenvalue weighted by atomic mass is 35.5. The fourth-order valence-corrected chi connectivity index (χ4v) is 1.40. The minimum atomic E-state index is -0.364. The smallest absolute Gasteiger partial charge is 0.228 e. The first-order valence-corrected chi connectivity index (χ1v) is 5.44. The Balaban J connectivity index is 2.11. The first-order valence-electron chi connectivity index (χ1n) is 5.06. The number of rotatable bonds is 4. The Labute approximate surface area is 103 Å². The van der Waals surface area contributed by atoms with Crippen molar-refractivity contribution in [3.8, 4) is 11.3 Å². The monoisotopic (exact) mass is 249 g/mol. The molecule has 0 aromatic carbocycles.